The van der Waals surface area contributed by atoms with Crippen LogP contribution in [0.4, 0.5) is 11.4 Å². The van der Waals surface area contributed by atoms with Gasteiger partial charge in [-0.3, -0.25) is 19.5 Å². The Bertz CT molecular complexity index is 1880. The highest BCUT2D eigenvalue weighted by Crippen LogP contribution is 2.32. The Morgan fingerprint density at radius 3 is 2.56 bits per heavy atom. The first kappa shape index (κ1) is 27.8. The van der Waals surface area contributed by atoms with Gasteiger partial charge in [-0.1, -0.05) is 35.6 Å². The summed E-state index contributed by atoms with van der Waals surface area (Å²) in [4.78, 5) is 44.9. The standard InChI is InChI=1S/C30H28N4O6S/c1-6-39-29(36)26-18(3)31-30-33(27(26)19-9-11-21(12-10-19)32(4)5)28(35)25(41-30)16-22-13-14-24(40-22)20-8-7-17(2)23(15-20)34(37)38/h7-16,27H,6H2,1-5H3/b25-16-. The van der Waals surface area contributed by atoms with Crippen molar-refractivity contribution in [3.8, 4) is 11.3 Å². The molecule has 10 nitrogen and oxygen atoms in total. The molecule has 1 aliphatic heterocycles. The maximum atomic E-state index is 13.8. The third-order valence-corrected chi connectivity index (χ3v) is 7.82. The maximum Gasteiger partial charge on any atom is 0.338 e. The number of aryl methyl sites for hydroxylation is 1. The number of ether oxygens (including phenoxy) is 1. The topological polar surface area (TPSA) is 120 Å². The van der Waals surface area contributed by atoms with Crippen LogP contribution in [0, 0.1) is 17.0 Å². The average molecular weight is 573 g/mol. The molecule has 3 heterocycles. The molecular formula is C30H28N4O6S. The van der Waals surface area contributed by atoms with Crippen LogP contribution in [-0.2, 0) is 9.53 Å². The van der Waals surface area contributed by atoms with E-state index in [0.29, 0.717) is 43.3 Å². The summed E-state index contributed by atoms with van der Waals surface area (Å²) >= 11 is 1.19. The van der Waals surface area contributed by atoms with Gasteiger partial charge in [0, 0.05) is 43.1 Å². The van der Waals surface area contributed by atoms with Crippen molar-refractivity contribution in [2.45, 2.75) is 26.8 Å². The van der Waals surface area contributed by atoms with Gasteiger partial charge in [0.1, 0.15) is 11.5 Å². The first-order chi connectivity index (χ1) is 19.6. The Labute approximate surface area is 239 Å². The molecule has 0 amide bonds. The number of fused-ring (bicyclic) bond motifs is 1. The number of hydrogen-bond acceptors (Lipinski definition) is 9. The Kier molecular flexibility index (Phi) is 7.46. The van der Waals surface area contributed by atoms with E-state index in [-0.39, 0.29) is 17.9 Å². The van der Waals surface area contributed by atoms with Crippen molar-refractivity contribution >= 4 is 34.8 Å². The van der Waals surface area contributed by atoms with Gasteiger partial charge in [0.2, 0.25) is 0 Å². The molecule has 1 aliphatic rings. The SMILES string of the molecule is CCOC(=O)C1=C(C)N=c2s/c(=C\c3ccc(-c4ccc(C)c([N+](=O)[O-])c4)o3)c(=O)n2C1c1ccc(N(C)C)cc1. The number of allylic oxidation sites excluding steroid dienone is 1. The average Bonchev–Trinajstić information content (AvgIpc) is 3.52. The number of thiazole rings is 1. The van der Waals surface area contributed by atoms with Crippen LogP contribution in [0.25, 0.3) is 17.4 Å². The van der Waals surface area contributed by atoms with Crippen LogP contribution < -0.4 is 19.8 Å². The van der Waals surface area contributed by atoms with E-state index in [4.69, 9.17) is 9.15 Å². The summed E-state index contributed by atoms with van der Waals surface area (Å²) in [7, 11) is 3.87. The van der Waals surface area contributed by atoms with E-state index >= 15 is 0 Å². The number of nitrogens with zero attached hydrogens (tertiary/aromatic N) is 4. The molecule has 4 aromatic rings. The molecule has 41 heavy (non-hydrogen) atoms. The largest absolute Gasteiger partial charge is 0.463 e. The number of benzene rings is 2. The molecular weight excluding hydrogens is 544 g/mol. The van der Waals surface area contributed by atoms with Crippen molar-refractivity contribution < 1.29 is 18.9 Å². The van der Waals surface area contributed by atoms with E-state index in [0.717, 1.165) is 11.3 Å². The van der Waals surface area contributed by atoms with Gasteiger partial charge >= 0.3 is 5.97 Å². The minimum absolute atomic E-state index is 0.000137. The lowest BCUT2D eigenvalue weighted by Crippen LogP contribution is -2.39. The smallest absolute Gasteiger partial charge is 0.338 e. The minimum Gasteiger partial charge on any atom is -0.463 e. The van der Waals surface area contributed by atoms with Gasteiger partial charge < -0.3 is 14.1 Å². The highest BCUT2D eigenvalue weighted by atomic mass is 32.1. The predicted octanol–water partition coefficient (Wildman–Crippen LogP) is 4.34. The molecule has 0 fully saturated rings. The molecule has 2 aromatic carbocycles. The van der Waals surface area contributed by atoms with Gasteiger partial charge in [-0.05, 0) is 50.6 Å². The normalized spacial score (nSPS) is 15.0. The zero-order valence-corrected chi connectivity index (χ0v) is 24.0. The molecule has 2 aromatic heterocycles. The van der Waals surface area contributed by atoms with Gasteiger partial charge in [-0.2, -0.15) is 0 Å². The highest BCUT2D eigenvalue weighted by Gasteiger charge is 2.33. The molecule has 5 rings (SSSR count). The highest BCUT2D eigenvalue weighted by molar-refractivity contribution is 7.07. The molecule has 0 aliphatic carbocycles. The Morgan fingerprint density at radius 2 is 1.90 bits per heavy atom. The van der Waals surface area contributed by atoms with Crippen molar-refractivity contribution in [2.75, 3.05) is 25.6 Å². The summed E-state index contributed by atoms with van der Waals surface area (Å²) in [5, 5.41) is 11.4. The number of aromatic nitrogens is 1. The summed E-state index contributed by atoms with van der Waals surface area (Å²) in [5.74, 6) is 0.320. The molecule has 0 radical (unpaired) electrons. The van der Waals surface area contributed by atoms with Crippen LogP contribution in [0.3, 0.4) is 0 Å². The van der Waals surface area contributed by atoms with E-state index in [1.807, 2.05) is 43.3 Å². The van der Waals surface area contributed by atoms with Crippen molar-refractivity contribution in [3.05, 3.63) is 113 Å². The molecule has 0 saturated heterocycles. The van der Waals surface area contributed by atoms with Gasteiger partial charge in [-0.15, -0.1) is 0 Å². The Balaban J connectivity index is 1.61. The summed E-state index contributed by atoms with van der Waals surface area (Å²) in [6, 6.07) is 15.2. The van der Waals surface area contributed by atoms with Gasteiger partial charge in [-0.25, -0.2) is 9.79 Å². The summed E-state index contributed by atoms with van der Waals surface area (Å²) < 4.78 is 13.2. The number of nitro benzene ring substituents is 1. The number of furan rings is 1. The summed E-state index contributed by atoms with van der Waals surface area (Å²) in [5.41, 5.74) is 3.31. The second kappa shape index (κ2) is 11.0. The number of hydrogen-bond donors (Lipinski definition) is 0. The van der Waals surface area contributed by atoms with Crippen molar-refractivity contribution in [2.24, 2.45) is 4.99 Å². The van der Waals surface area contributed by atoms with Crippen molar-refractivity contribution in [1.29, 1.82) is 0 Å². The van der Waals surface area contributed by atoms with Crippen molar-refractivity contribution in [3.63, 3.8) is 0 Å². The quantitative estimate of drug-likeness (QED) is 0.184. The van der Waals surface area contributed by atoms with Crippen LogP contribution in [0.2, 0.25) is 0 Å². The fraction of sp³-hybridized carbons (Fsp3) is 0.233. The molecule has 1 unspecified atom stereocenters. The van der Waals surface area contributed by atoms with Crippen molar-refractivity contribution in [1.82, 2.24) is 4.57 Å². The molecule has 0 bridgehead atoms. The van der Waals surface area contributed by atoms with E-state index in [9.17, 15) is 19.7 Å². The van der Waals surface area contributed by atoms with Crippen LogP contribution >= 0.6 is 11.3 Å². The lowest BCUT2D eigenvalue weighted by atomic mass is 9.95. The second-order valence-corrected chi connectivity index (χ2v) is 10.8. The van der Waals surface area contributed by atoms with Crippen LogP contribution in [-0.4, -0.2) is 36.2 Å². The molecule has 1 atom stereocenters. The summed E-state index contributed by atoms with van der Waals surface area (Å²) in [6.45, 7) is 5.34. The maximum absolute atomic E-state index is 13.8. The lowest BCUT2D eigenvalue weighted by Gasteiger charge is -2.25. The van der Waals surface area contributed by atoms with Gasteiger partial charge in [0.05, 0.1) is 33.4 Å². The third-order valence-electron chi connectivity index (χ3n) is 6.83. The zero-order chi connectivity index (χ0) is 29.4. The van der Waals surface area contributed by atoms with Crippen LogP contribution in [0.1, 0.15) is 36.8 Å². The fourth-order valence-electron chi connectivity index (χ4n) is 4.74. The second-order valence-electron chi connectivity index (χ2n) is 9.75. The summed E-state index contributed by atoms with van der Waals surface area (Å²) in [6.07, 6.45) is 1.62. The number of esters is 1. The third kappa shape index (κ3) is 5.23. The molecule has 0 saturated carbocycles. The molecule has 210 valence electrons. The Hall–Kier alpha value is -4.77. The number of carbonyl (C=O) groups excluding carboxylic acids is 1. The number of anilines is 1. The minimum atomic E-state index is -0.719. The molecule has 11 heteroatoms. The molecule has 0 N–H and O–H groups in total. The number of carbonyl (C=O) groups is 1. The Morgan fingerprint density at radius 1 is 1.17 bits per heavy atom. The van der Waals surface area contributed by atoms with E-state index in [1.54, 1.807) is 51.1 Å². The molecule has 0 spiro atoms. The van der Waals surface area contributed by atoms with E-state index in [2.05, 4.69) is 4.99 Å². The fourth-order valence-corrected chi connectivity index (χ4v) is 5.76. The zero-order valence-electron chi connectivity index (χ0n) is 23.2. The van der Waals surface area contributed by atoms with E-state index in [1.165, 1.54) is 22.0 Å². The lowest BCUT2D eigenvalue weighted by molar-refractivity contribution is -0.385. The first-order valence-corrected chi connectivity index (χ1v) is 13.7. The number of nitro groups is 1. The monoisotopic (exact) mass is 572 g/mol. The van der Waals surface area contributed by atoms with Crippen LogP contribution in [0.5, 0.6) is 0 Å². The van der Waals surface area contributed by atoms with Gasteiger partial charge in [0.15, 0.2) is 4.80 Å². The van der Waals surface area contributed by atoms with Gasteiger partial charge in [0.25, 0.3) is 11.2 Å². The number of rotatable bonds is 7. The predicted molar refractivity (Wildman–Crippen MR) is 157 cm³/mol. The van der Waals surface area contributed by atoms with Crippen LogP contribution in [0.15, 0.2) is 80.1 Å². The first-order valence-electron chi connectivity index (χ1n) is 12.9. The van der Waals surface area contributed by atoms with E-state index < -0.39 is 16.9 Å².